The molecule has 1 aliphatic rings. The predicted molar refractivity (Wildman–Crippen MR) is 101 cm³/mol. The molecule has 24 heavy (non-hydrogen) atoms. The molecule has 128 valence electrons. The summed E-state index contributed by atoms with van der Waals surface area (Å²) in [6.45, 7) is 14.0. The molecule has 0 saturated carbocycles. The Labute approximate surface area is 145 Å². The molecule has 2 heterocycles. The smallest absolute Gasteiger partial charge is 0.161 e. The molecule has 0 radical (unpaired) electrons. The van der Waals surface area contributed by atoms with Gasteiger partial charge in [0.2, 0.25) is 0 Å². The Kier molecular flexibility index (Phi) is 3.82. The lowest BCUT2D eigenvalue weighted by Gasteiger charge is -2.24. The highest BCUT2D eigenvalue weighted by molar-refractivity contribution is 5.78. The van der Waals surface area contributed by atoms with Crippen LogP contribution in [0.3, 0.4) is 0 Å². The summed E-state index contributed by atoms with van der Waals surface area (Å²) in [6, 6.07) is 8.78. The molecule has 0 atom stereocenters. The van der Waals surface area contributed by atoms with Gasteiger partial charge in [-0.1, -0.05) is 53.7 Å². The van der Waals surface area contributed by atoms with Crippen LogP contribution < -0.4 is 9.80 Å². The zero-order valence-corrected chi connectivity index (χ0v) is 15.9. The molecule has 0 aliphatic carbocycles. The predicted octanol–water partition coefficient (Wildman–Crippen LogP) is 4.62. The quantitative estimate of drug-likeness (QED) is 0.766. The van der Waals surface area contributed by atoms with Crippen LogP contribution in [0.15, 0.2) is 30.5 Å². The van der Waals surface area contributed by atoms with Gasteiger partial charge in [0, 0.05) is 18.2 Å². The number of nitrogens with zero attached hydrogens (tertiary/aromatic N) is 4. The zero-order chi connectivity index (χ0) is 17.7. The minimum absolute atomic E-state index is 0.0604. The van der Waals surface area contributed by atoms with Crippen molar-refractivity contribution in [3.05, 3.63) is 41.9 Å². The molecule has 3 rings (SSSR count). The normalized spacial score (nSPS) is 15.0. The summed E-state index contributed by atoms with van der Waals surface area (Å²) in [5, 5.41) is 0. The first-order chi connectivity index (χ1) is 11.1. The molecule has 4 heteroatoms. The zero-order valence-electron chi connectivity index (χ0n) is 15.9. The maximum Gasteiger partial charge on any atom is 0.161 e. The van der Waals surface area contributed by atoms with E-state index in [1.807, 2.05) is 6.20 Å². The van der Waals surface area contributed by atoms with Gasteiger partial charge in [-0.2, -0.15) is 0 Å². The third kappa shape index (κ3) is 2.97. The molecule has 0 amide bonds. The molecular weight excluding hydrogens is 296 g/mol. The van der Waals surface area contributed by atoms with Crippen LogP contribution in [0.5, 0.6) is 0 Å². The van der Waals surface area contributed by atoms with Crippen molar-refractivity contribution in [3.63, 3.8) is 0 Å². The van der Waals surface area contributed by atoms with Gasteiger partial charge in [-0.3, -0.25) is 0 Å². The first-order valence-corrected chi connectivity index (χ1v) is 8.54. The second-order valence-electron chi connectivity index (χ2n) is 8.72. The van der Waals surface area contributed by atoms with Crippen molar-refractivity contribution in [1.29, 1.82) is 0 Å². The van der Waals surface area contributed by atoms with Gasteiger partial charge in [0.15, 0.2) is 5.82 Å². The van der Waals surface area contributed by atoms with Crippen molar-refractivity contribution < 1.29 is 0 Å². The van der Waals surface area contributed by atoms with Crippen LogP contribution >= 0.6 is 0 Å². The Hall–Kier alpha value is -2.10. The second kappa shape index (κ2) is 5.47. The highest BCUT2D eigenvalue weighted by Gasteiger charge is 2.29. The van der Waals surface area contributed by atoms with Crippen molar-refractivity contribution >= 4 is 17.2 Å². The van der Waals surface area contributed by atoms with Gasteiger partial charge < -0.3 is 9.80 Å². The molecular formula is C20H28N4. The Morgan fingerprint density at radius 3 is 2.33 bits per heavy atom. The van der Waals surface area contributed by atoms with E-state index in [-0.39, 0.29) is 10.8 Å². The Balaban J connectivity index is 2.07. The van der Waals surface area contributed by atoms with Crippen LogP contribution in [-0.2, 0) is 10.8 Å². The van der Waals surface area contributed by atoms with Crippen LogP contribution in [0.2, 0.25) is 0 Å². The molecule has 0 saturated heterocycles. The number of anilines is 3. The van der Waals surface area contributed by atoms with Gasteiger partial charge in [-0.25, -0.2) is 9.97 Å². The molecule has 0 fully saturated rings. The molecule has 0 unspecified atom stereocenters. The average molecular weight is 324 g/mol. The number of aromatic nitrogens is 2. The topological polar surface area (TPSA) is 32.3 Å². The van der Waals surface area contributed by atoms with E-state index in [9.17, 15) is 0 Å². The summed E-state index contributed by atoms with van der Waals surface area (Å²) in [4.78, 5) is 14.0. The third-order valence-electron chi connectivity index (χ3n) is 4.47. The van der Waals surface area contributed by atoms with Gasteiger partial charge in [0.05, 0.1) is 12.9 Å². The minimum atomic E-state index is -0.0604. The largest absolute Gasteiger partial charge is 0.352 e. The summed E-state index contributed by atoms with van der Waals surface area (Å²) in [6.07, 6.45) is 1.95. The van der Waals surface area contributed by atoms with E-state index in [1.54, 1.807) is 0 Å². The number of hydrogen-bond donors (Lipinski definition) is 0. The molecule has 4 nitrogen and oxygen atoms in total. The fraction of sp³-hybridized carbons (Fsp3) is 0.500. The van der Waals surface area contributed by atoms with Gasteiger partial charge in [0.25, 0.3) is 0 Å². The van der Waals surface area contributed by atoms with Crippen LogP contribution in [0, 0.1) is 0 Å². The summed E-state index contributed by atoms with van der Waals surface area (Å²) in [7, 11) is 2.09. The number of benzene rings is 1. The average Bonchev–Trinajstić information content (AvgIpc) is 2.82. The van der Waals surface area contributed by atoms with Crippen molar-refractivity contribution in [2.75, 3.05) is 23.5 Å². The van der Waals surface area contributed by atoms with Gasteiger partial charge >= 0.3 is 0 Å². The first kappa shape index (κ1) is 16.7. The van der Waals surface area contributed by atoms with Crippen molar-refractivity contribution in [2.24, 2.45) is 0 Å². The summed E-state index contributed by atoms with van der Waals surface area (Å²) in [5.74, 6) is 1.89. The summed E-state index contributed by atoms with van der Waals surface area (Å²) < 4.78 is 0. The summed E-state index contributed by atoms with van der Waals surface area (Å²) in [5.41, 5.74) is 3.68. The number of rotatable bonds is 1. The van der Waals surface area contributed by atoms with E-state index in [1.165, 1.54) is 11.3 Å². The van der Waals surface area contributed by atoms with Gasteiger partial charge in [0.1, 0.15) is 11.5 Å². The monoisotopic (exact) mass is 324 g/mol. The van der Waals surface area contributed by atoms with Gasteiger partial charge in [-0.15, -0.1) is 0 Å². The standard InChI is InChI=1S/C20H28N4/c1-19(2,3)14-9-8-10-15(11-14)24-13-23(7)16-12-21-18(20(4,5)6)22-17(16)24/h8-12H,13H2,1-7H3. The van der Waals surface area contributed by atoms with Crippen LogP contribution in [0.25, 0.3) is 0 Å². The second-order valence-corrected chi connectivity index (χ2v) is 8.72. The van der Waals surface area contributed by atoms with Crippen molar-refractivity contribution in [2.45, 2.75) is 52.4 Å². The Morgan fingerprint density at radius 1 is 1.00 bits per heavy atom. The molecule has 1 aromatic heterocycles. The SMILES string of the molecule is CN1CN(c2cccc(C(C)(C)C)c2)c2nc(C(C)(C)C)ncc21. The lowest BCUT2D eigenvalue weighted by atomic mass is 9.87. The van der Waals surface area contributed by atoms with Crippen LogP contribution in [0.1, 0.15) is 52.9 Å². The first-order valence-electron chi connectivity index (χ1n) is 8.54. The van der Waals surface area contributed by atoms with E-state index in [4.69, 9.17) is 4.98 Å². The highest BCUT2D eigenvalue weighted by atomic mass is 15.4. The van der Waals surface area contributed by atoms with E-state index >= 15 is 0 Å². The summed E-state index contributed by atoms with van der Waals surface area (Å²) >= 11 is 0. The highest BCUT2D eigenvalue weighted by Crippen LogP contribution is 2.39. The number of hydrogen-bond acceptors (Lipinski definition) is 4. The van der Waals surface area contributed by atoms with Crippen molar-refractivity contribution in [3.8, 4) is 0 Å². The van der Waals surface area contributed by atoms with Gasteiger partial charge in [-0.05, 0) is 23.1 Å². The molecule has 1 aromatic carbocycles. The minimum Gasteiger partial charge on any atom is -0.352 e. The third-order valence-corrected chi connectivity index (χ3v) is 4.47. The Bertz CT molecular complexity index is 753. The lowest BCUT2D eigenvalue weighted by molar-refractivity contribution is 0.546. The lowest BCUT2D eigenvalue weighted by Crippen LogP contribution is -2.25. The van der Waals surface area contributed by atoms with Crippen molar-refractivity contribution in [1.82, 2.24) is 9.97 Å². The van der Waals surface area contributed by atoms with Crippen LogP contribution in [-0.4, -0.2) is 23.7 Å². The van der Waals surface area contributed by atoms with E-state index < -0.39 is 0 Å². The van der Waals surface area contributed by atoms with E-state index in [0.717, 1.165) is 24.0 Å². The fourth-order valence-electron chi connectivity index (χ4n) is 2.90. The molecule has 2 aromatic rings. The molecule has 0 spiro atoms. The molecule has 0 N–H and O–H groups in total. The van der Waals surface area contributed by atoms with Crippen LogP contribution in [0.4, 0.5) is 17.2 Å². The molecule has 1 aliphatic heterocycles. The maximum absolute atomic E-state index is 4.90. The fourth-order valence-corrected chi connectivity index (χ4v) is 2.90. The number of fused-ring (bicyclic) bond motifs is 1. The molecule has 0 bridgehead atoms. The van der Waals surface area contributed by atoms with E-state index in [0.29, 0.717) is 0 Å². The van der Waals surface area contributed by atoms with E-state index in [2.05, 4.69) is 87.6 Å². The Morgan fingerprint density at radius 2 is 1.71 bits per heavy atom. The maximum atomic E-state index is 4.90.